The fraction of sp³-hybridized carbons (Fsp3) is 0.409. The Balaban J connectivity index is 1.55. The Bertz CT molecular complexity index is 1250. The van der Waals surface area contributed by atoms with Crippen LogP contribution in [0.15, 0.2) is 52.3 Å². The minimum atomic E-state index is -3.77. The molecule has 2 aromatic carbocycles. The summed E-state index contributed by atoms with van der Waals surface area (Å²) in [7, 11) is -5.93. The van der Waals surface area contributed by atoms with Crippen molar-refractivity contribution in [1.29, 1.82) is 0 Å². The summed E-state index contributed by atoms with van der Waals surface area (Å²) in [6.45, 7) is 2.14. The Morgan fingerprint density at radius 1 is 0.853 bits per heavy atom. The summed E-state index contributed by atoms with van der Waals surface area (Å²) in [5, 5.41) is 2.68. The first-order valence-electron chi connectivity index (χ1n) is 10.9. The standard InChI is InChI=1S/C22H27N3O7S2/c1-31-21-9-8-19(34(29,30)25-12-14-32-15-13-25)16-20(21)23-22(26)17-4-6-18(7-5-17)33(27,28)24-10-2-3-11-24/h4-9,16H,2-3,10-15H2,1H3,(H,23,26). The molecule has 2 heterocycles. The van der Waals surface area contributed by atoms with Crippen LogP contribution in [-0.4, -0.2) is 77.9 Å². The van der Waals surface area contributed by atoms with E-state index in [9.17, 15) is 21.6 Å². The molecular weight excluding hydrogens is 482 g/mol. The van der Waals surface area contributed by atoms with E-state index in [0.717, 1.165) is 12.8 Å². The normalized spacial score (nSPS) is 18.0. The number of amides is 1. The van der Waals surface area contributed by atoms with Gasteiger partial charge in [-0.25, -0.2) is 16.8 Å². The lowest BCUT2D eigenvalue weighted by molar-refractivity contribution is 0.0730. The van der Waals surface area contributed by atoms with Gasteiger partial charge in [0.15, 0.2) is 0 Å². The molecule has 34 heavy (non-hydrogen) atoms. The number of methoxy groups -OCH3 is 1. The van der Waals surface area contributed by atoms with E-state index in [0.29, 0.717) is 32.1 Å². The number of carbonyl (C=O) groups excluding carboxylic acids is 1. The quantitative estimate of drug-likeness (QED) is 0.603. The predicted octanol–water partition coefficient (Wildman–Crippen LogP) is 1.75. The number of nitrogens with one attached hydrogen (secondary N) is 1. The van der Waals surface area contributed by atoms with Gasteiger partial charge in [-0.1, -0.05) is 0 Å². The summed E-state index contributed by atoms with van der Waals surface area (Å²) in [5.41, 5.74) is 0.416. The molecule has 0 saturated carbocycles. The molecule has 4 rings (SSSR count). The fourth-order valence-electron chi connectivity index (χ4n) is 3.93. The van der Waals surface area contributed by atoms with Gasteiger partial charge in [0.1, 0.15) is 5.75 Å². The lowest BCUT2D eigenvalue weighted by Gasteiger charge is -2.26. The van der Waals surface area contributed by atoms with Crippen LogP contribution in [0.25, 0.3) is 0 Å². The minimum Gasteiger partial charge on any atom is -0.495 e. The molecule has 0 aromatic heterocycles. The van der Waals surface area contributed by atoms with Crippen molar-refractivity contribution in [3.05, 3.63) is 48.0 Å². The number of sulfonamides is 2. The van der Waals surface area contributed by atoms with Crippen molar-refractivity contribution in [2.24, 2.45) is 0 Å². The van der Waals surface area contributed by atoms with Gasteiger partial charge in [0, 0.05) is 31.7 Å². The second-order valence-corrected chi connectivity index (χ2v) is 11.8. The molecule has 1 N–H and O–H groups in total. The molecule has 1 amide bonds. The zero-order valence-electron chi connectivity index (χ0n) is 18.8. The van der Waals surface area contributed by atoms with Gasteiger partial charge in [0.05, 0.1) is 35.8 Å². The highest BCUT2D eigenvalue weighted by atomic mass is 32.2. The van der Waals surface area contributed by atoms with Gasteiger partial charge in [0.25, 0.3) is 5.91 Å². The highest BCUT2D eigenvalue weighted by molar-refractivity contribution is 7.89. The molecule has 12 heteroatoms. The number of morpholine rings is 1. The molecule has 0 unspecified atom stereocenters. The third-order valence-electron chi connectivity index (χ3n) is 5.85. The number of ether oxygens (including phenoxy) is 2. The Morgan fingerprint density at radius 3 is 2.03 bits per heavy atom. The third kappa shape index (κ3) is 4.96. The smallest absolute Gasteiger partial charge is 0.255 e. The highest BCUT2D eigenvalue weighted by Gasteiger charge is 2.28. The van der Waals surface area contributed by atoms with Gasteiger partial charge in [-0.15, -0.1) is 0 Å². The molecular formula is C22H27N3O7S2. The topological polar surface area (TPSA) is 122 Å². The van der Waals surface area contributed by atoms with Crippen LogP contribution >= 0.6 is 0 Å². The first-order chi connectivity index (χ1) is 16.2. The van der Waals surface area contributed by atoms with E-state index < -0.39 is 26.0 Å². The van der Waals surface area contributed by atoms with E-state index in [1.807, 2.05) is 0 Å². The fourth-order valence-corrected chi connectivity index (χ4v) is 6.88. The summed E-state index contributed by atoms with van der Waals surface area (Å²) in [6, 6.07) is 9.93. The molecule has 2 fully saturated rings. The van der Waals surface area contributed by atoms with Crippen LogP contribution in [-0.2, 0) is 24.8 Å². The first kappa shape index (κ1) is 24.6. The second-order valence-electron chi connectivity index (χ2n) is 7.97. The maximum atomic E-state index is 13.0. The van der Waals surface area contributed by atoms with Gasteiger partial charge in [-0.05, 0) is 55.3 Å². The van der Waals surface area contributed by atoms with E-state index in [-0.39, 0.29) is 34.1 Å². The third-order valence-corrected chi connectivity index (χ3v) is 9.65. The van der Waals surface area contributed by atoms with Crippen molar-refractivity contribution in [3.8, 4) is 5.75 Å². The largest absolute Gasteiger partial charge is 0.495 e. The summed E-state index contributed by atoms with van der Waals surface area (Å²) < 4.78 is 64.7. The molecule has 2 aliphatic heterocycles. The van der Waals surface area contributed by atoms with E-state index in [4.69, 9.17) is 9.47 Å². The highest BCUT2D eigenvalue weighted by Crippen LogP contribution is 2.30. The average Bonchev–Trinajstić information content (AvgIpc) is 3.41. The number of hydrogen-bond acceptors (Lipinski definition) is 7. The SMILES string of the molecule is COc1ccc(S(=O)(=O)N2CCOCC2)cc1NC(=O)c1ccc(S(=O)(=O)N2CCCC2)cc1. The van der Waals surface area contributed by atoms with E-state index in [1.54, 1.807) is 0 Å². The lowest BCUT2D eigenvalue weighted by atomic mass is 10.2. The van der Waals surface area contributed by atoms with Gasteiger partial charge in [-0.3, -0.25) is 4.79 Å². The molecule has 2 saturated heterocycles. The molecule has 184 valence electrons. The van der Waals surface area contributed by atoms with Crippen molar-refractivity contribution in [3.63, 3.8) is 0 Å². The molecule has 10 nitrogen and oxygen atoms in total. The van der Waals surface area contributed by atoms with Crippen LogP contribution in [0.5, 0.6) is 5.75 Å². The van der Waals surface area contributed by atoms with Crippen molar-refractivity contribution < 1.29 is 31.1 Å². The number of nitrogens with zero attached hydrogens (tertiary/aromatic N) is 2. The molecule has 2 aromatic rings. The van der Waals surface area contributed by atoms with Crippen LogP contribution < -0.4 is 10.1 Å². The Kier molecular flexibility index (Phi) is 7.24. The van der Waals surface area contributed by atoms with Gasteiger partial charge in [-0.2, -0.15) is 8.61 Å². The van der Waals surface area contributed by atoms with Gasteiger partial charge >= 0.3 is 0 Å². The summed E-state index contributed by atoms with van der Waals surface area (Å²) >= 11 is 0. The van der Waals surface area contributed by atoms with Crippen LogP contribution in [0.3, 0.4) is 0 Å². The summed E-state index contributed by atoms with van der Waals surface area (Å²) in [6.07, 6.45) is 1.67. The van der Waals surface area contributed by atoms with Crippen LogP contribution in [0.1, 0.15) is 23.2 Å². The molecule has 2 aliphatic rings. The van der Waals surface area contributed by atoms with E-state index >= 15 is 0 Å². The van der Waals surface area contributed by atoms with E-state index in [2.05, 4.69) is 5.32 Å². The summed E-state index contributed by atoms with van der Waals surface area (Å²) in [4.78, 5) is 13.0. The van der Waals surface area contributed by atoms with Crippen molar-refractivity contribution in [2.45, 2.75) is 22.6 Å². The maximum Gasteiger partial charge on any atom is 0.255 e. The second kappa shape index (κ2) is 10.0. The molecule has 0 atom stereocenters. The van der Waals surface area contributed by atoms with E-state index in [1.165, 1.54) is 58.2 Å². The van der Waals surface area contributed by atoms with Crippen molar-refractivity contribution in [2.75, 3.05) is 51.8 Å². The van der Waals surface area contributed by atoms with Crippen LogP contribution in [0, 0.1) is 0 Å². The van der Waals surface area contributed by atoms with Crippen molar-refractivity contribution in [1.82, 2.24) is 8.61 Å². The molecule has 0 radical (unpaired) electrons. The number of rotatable bonds is 7. The molecule has 0 aliphatic carbocycles. The average molecular weight is 510 g/mol. The molecule has 0 spiro atoms. The summed E-state index contributed by atoms with van der Waals surface area (Å²) in [5.74, 6) is -0.230. The zero-order valence-corrected chi connectivity index (χ0v) is 20.4. The maximum absolute atomic E-state index is 13.0. The predicted molar refractivity (Wildman–Crippen MR) is 125 cm³/mol. The Hall–Kier alpha value is -2.51. The number of hydrogen-bond donors (Lipinski definition) is 1. The minimum absolute atomic E-state index is 0.0255. The van der Waals surface area contributed by atoms with Crippen LogP contribution in [0.4, 0.5) is 5.69 Å². The van der Waals surface area contributed by atoms with Gasteiger partial charge in [0.2, 0.25) is 20.0 Å². The van der Waals surface area contributed by atoms with Crippen LogP contribution in [0.2, 0.25) is 0 Å². The monoisotopic (exact) mass is 509 g/mol. The first-order valence-corrected chi connectivity index (χ1v) is 13.8. The zero-order chi connectivity index (χ0) is 24.3. The number of anilines is 1. The van der Waals surface area contributed by atoms with Crippen molar-refractivity contribution >= 4 is 31.6 Å². The molecule has 0 bridgehead atoms. The Morgan fingerprint density at radius 2 is 1.41 bits per heavy atom. The Labute approximate surface area is 199 Å². The number of carbonyl (C=O) groups is 1. The number of benzene rings is 2. The van der Waals surface area contributed by atoms with Gasteiger partial charge < -0.3 is 14.8 Å². The lowest BCUT2D eigenvalue weighted by Crippen LogP contribution is -2.40.